The molecule has 0 spiro atoms. The van der Waals surface area contributed by atoms with E-state index in [1.54, 1.807) is 4.57 Å². The number of alkyl carbamates (subject to hydrolysis) is 1. The molecule has 0 aliphatic rings. The molecule has 1 heterocycles. The van der Waals surface area contributed by atoms with E-state index in [9.17, 15) is 19.2 Å². The van der Waals surface area contributed by atoms with E-state index in [0.29, 0.717) is 11.0 Å². The van der Waals surface area contributed by atoms with E-state index in [1.807, 2.05) is 78.9 Å². The molecule has 1 aromatic heterocycles. The molecule has 0 unspecified atom stereocenters. The van der Waals surface area contributed by atoms with Crippen LogP contribution in [-0.2, 0) is 20.9 Å². The minimum Gasteiger partial charge on any atom is -0.465 e. The topological polar surface area (TPSA) is 128 Å². The minimum absolute atomic E-state index is 0.0600. The molecule has 3 N–H and O–H groups in total. The summed E-state index contributed by atoms with van der Waals surface area (Å²) in [6.07, 6.45) is -0.758. The van der Waals surface area contributed by atoms with Crippen molar-refractivity contribution in [3.05, 3.63) is 108 Å². The first-order chi connectivity index (χ1) is 19.9. The summed E-state index contributed by atoms with van der Waals surface area (Å²) in [5.74, 6) is -1.22. The van der Waals surface area contributed by atoms with Crippen LogP contribution in [0.5, 0.6) is 0 Å². The highest BCUT2D eigenvalue weighted by Gasteiger charge is 2.18. The number of hydrogen-bond acceptors (Lipinski definition) is 6. The maximum atomic E-state index is 13.5. The summed E-state index contributed by atoms with van der Waals surface area (Å²) >= 11 is 0. The number of carbonyl (C=O) groups excluding carboxylic acids is 4. The third-order valence-corrected chi connectivity index (χ3v) is 6.28. The Morgan fingerprint density at radius 2 is 1.32 bits per heavy atom. The zero-order chi connectivity index (χ0) is 28.8. The van der Waals surface area contributed by atoms with E-state index in [-0.39, 0.29) is 30.1 Å². The number of fused-ring (bicyclic) bond motifs is 3. The highest BCUT2D eigenvalue weighted by molar-refractivity contribution is 6.15. The van der Waals surface area contributed by atoms with Crippen LogP contribution in [0.2, 0.25) is 0 Å². The first-order valence-corrected chi connectivity index (χ1v) is 12.7. The molecule has 5 aromatic rings. The number of anilines is 2. The van der Waals surface area contributed by atoms with Crippen molar-refractivity contribution in [2.45, 2.75) is 6.61 Å². The zero-order valence-corrected chi connectivity index (χ0v) is 22.0. The number of amides is 3. The van der Waals surface area contributed by atoms with Crippen molar-refractivity contribution in [2.75, 3.05) is 24.3 Å². The number of esters is 1. The molecule has 0 fully saturated rings. The summed E-state index contributed by atoms with van der Waals surface area (Å²) in [5, 5.41) is 9.67. The molecule has 10 heteroatoms. The standard InChI is InChI=1S/C31H26N4O6/c1-40-29(37)21-15-22(33-28(36)18-32-31(39)41-19-20-9-3-2-4-10-20)17-23(16-21)34-30(38)35-26-13-7-5-11-24(26)25-12-6-8-14-27(25)35/h2-17H,18-19H2,1H3,(H,32,39)(H,33,36)(H,34,38). The van der Waals surface area contributed by atoms with Crippen molar-refractivity contribution in [3.8, 4) is 0 Å². The van der Waals surface area contributed by atoms with Crippen LogP contribution in [0.1, 0.15) is 15.9 Å². The fourth-order valence-corrected chi connectivity index (χ4v) is 4.46. The number of hydrogen-bond donors (Lipinski definition) is 3. The lowest BCUT2D eigenvalue weighted by molar-refractivity contribution is -0.115. The monoisotopic (exact) mass is 550 g/mol. The second-order valence-electron chi connectivity index (χ2n) is 9.05. The van der Waals surface area contributed by atoms with Crippen LogP contribution in [0, 0.1) is 0 Å². The van der Waals surface area contributed by atoms with Crippen molar-refractivity contribution in [3.63, 3.8) is 0 Å². The first kappa shape index (κ1) is 26.9. The van der Waals surface area contributed by atoms with Crippen molar-refractivity contribution in [1.29, 1.82) is 0 Å². The Kier molecular flexibility index (Phi) is 7.91. The van der Waals surface area contributed by atoms with Gasteiger partial charge in [0.15, 0.2) is 0 Å². The number of rotatable bonds is 7. The molecule has 5 rings (SSSR count). The second-order valence-corrected chi connectivity index (χ2v) is 9.05. The number of nitrogens with one attached hydrogen (secondary N) is 3. The average Bonchev–Trinajstić information content (AvgIpc) is 3.33. The van der Waals surface area contributed by atoms with E-state index in [2.05, 4.69) is 16.0 Å². The first-order valence-electron chi connectivity index (χ1n) is 12.7. The lowest BCUT2D eigenvalue weighted by Gasteiger charge is -2.13. The highest BCUT2D eigenvalue weighted by atomic mass is 16.5. The summed E-state index contributed by atoms with van der Waals surface area (Å²) < 4.78 is 11.5. The van der Waals surface area contributed by atoms with Gasteiger partial charge in [0, 0.05) is 22.1 Å². The van der Waals surface area contributed by atoms with Gasteiger partial charge in [-0.05, 0) is 35.9 Å². The Morgan fingerprint density at radius 1 is 0.732 bits per heavy atom. The largest absolute Gasteiger partial charge is 0.465 e. The van der Waals surface area contributed by atoms with Crippen LogP contribution in [0.4, 0.5) is 21.0 Å². The predicted molar refractivity (Wildman–Crippen MR) is 155 cm³/mol. The Bertz CT molecular complexity index is 1710. The van der Waals surface area contributed by atoms with Crippen LogP contribution < -0.4 is 16.0 Å². The van der Waals surface area contributed by atoms with Gasteiger partial charge in [-0.1, -0.05) is 66.7 Å². The molecular formula is C31H26N4O6. The van der Waals surface area contributed by atoms with Gasteiger partial charge >= 0.3 is 18.1 Å². The van der Waals surface area contributed by atoms with Crippen LogP contribution in [0.25, 0.3) is 21.8 Å². The number of carbonyl (C=O) groups is 4. The van der Waals surface area contributed by atoms with Crippen molar-refractivity contribution in [2.24, 2.45) is 0 Å². The fraction of sp³-hybridized carbons (Fsp3) is 0.0968. The number of nitrogens with zero attached hydrogens (tertiary/aromatic N) is 1. The Hall–Kier alpha value is -5.64. The average molecular weight is 551 g/mol. The van der Waals surface area contributed by atoms with Crippen molar-refractivity contribution in [1.82, 2.24) is 9.88 Å². The molecule has 0 radical (unpaired) electrons. The summed E-state index contributed by atoms with van der Waals surface area (Å²) in [4.78, 5) is 50.4. The van der Waals surface area contributed by atoms with Gasteiger partial charge in [0.1, 0.15) is 13.2 Å². The van der Waals surface area contributed by atoms with Gasteiger partial charge in [-0.2, -0.15) is 0 Å². The molecule has 0 bridgehead atoms. The molecule has 0 saturated carbocycles. The van der Waals surface area contributed by atoms with Crippen LogP contribution in [-0.4, -0.2) is 42.2 Å². The van der Waals surface area contributed by atoms with Crippen molar-refractivity contribution >= 4 is 57.2 Å². The van der Waals surface area contributed by atoms with Gasteiger partial charge in [0.05, 0.1) is 23.7 Å². The molecule has 206 valence electrons. The van der Waals surface area contributed by atoms with Gasteiger partial charge in [-0.3, -0.25) is 9.36 Å². The summed E-state index contributed by atoms with van der Waals surface area (Å²) in [7, 11) is 1.23. The van der Waals surface area contributed by atoms with E-state index in [1.165, 1.54) is 25.3 Å². The second kappa shape index (κ2) is 12.0. The van der Waals surface area contributed by atoms with Crippen LogP contribution in [0.3, 0.4) is 0 Å². The minimum atomic E-state index is -0.758. The molecule has 0 atom stereocenters. The lowest BCUT2D eigenvalue weighted by Crippen LogP contribution is -2.33. The van der Waals surface area contributed by atoms with E-state index >= 15 is 0 Å². The predicted octanol–water partition coefficient (Wildman–Crippen LogP) is 5.53. The van der Waals surface area contributed by atoms with E-state index < -0.39 is 24.0 Å². The lowest BCUT2D eigenvalue weighted by atomic mass is 10.1. The van der Waals surface area contributed by atoms with Gasteiger partial charge in [-0.15, -0.1) is 0 Å². The molecule has 3 amide bonds. The zero-order valence-electron chi connectivity index (χ0n) is 22.0. The molecule has 0 aliphatic carbocycles. The van der Waals surface area contributed by atoms with E-state index in [0.717, 1.165) is 16.3 Å². The van der Waals surface area contributed by atoms with Gasteiger partial charge < -0.3 is 25.4 Å². The Morgan fingerprint density at radius 3 is 1.95 bits per heavy atom. The quantitative estimate of drug-likeness (QED) is 0.229. The normalized spacial score (nSPS) is 10.7. The number of aromatic nitrogens is 1. The van der Waals surface area contributed by atoms with Crippen LogP contribution in [0.15, 0.2) is 97.1 Å². The Balaban J connectivity index is 1.31. The molecular weight excluding hydrogens is 524 g/mol. The third kappa shape index (κ3) is 6.17. The number of benzene rings is 4. The Labute approximate surface area is 234 Å². The number of ether oxygens (including phenoxy) is 2. The highest BCUT2D eigenvalue weighted by Crippen LogP contribution is 2.29. The summed E-state index contributed by atoms with van der Waals surface area (Å²) in [6.45, 7) is -0.316. The number of para-hydroxylation sites is 2. The molecule has 10 nitrogen and oxygen atoms in total. The molecule has 0 saturated heterocycles. The molecule has 4 aromatic carbocycles. The SMILES string of the molecule is COC(=O)c1cc(NC(=O)CNC(=O)OCc2ccccc2)cc(NC(=O)n2c3ccccc3c3ccccc32)c1. The molecule has 0 aliphatic heterocycles. The maximum Gasteiger partial charge on any atom is 0.407 e. The van der Waals surface area contributed by atoms with E-state index in [4.69, 9.17) is 9.47 Å². The maximum absolute atomic E-state index is 13.5. The summed E-state index contributed by atoms with van der Waals surface area (Å²) in [5.41, 5.74) is 2.82. The van der Waals surface area contributed by atoms with Crippen molar-refractivity contribution < 1.29 is 28.7 Å². The van der Waals surface area contributed by atoms with Gasteiger partial charge in [-0.25, -0.2) is 14.4 Å². The smallest absolute Gasteiger partial charge is 0.407 e. The molecule has 41 heavy (non-hydrogen) atoms. The van der Waals surface area contributed by atoms with Gasteiger partial charge in [0.2, 0.25) is 5.91 Å². The third-order valence-electron chi connectivity index (χ3n) is 6.28. The van der Waals surface area contributed by atoms with Gasteiger partial charge in [0.25, 0.3) is 0 Å². The fourth-order valence-electron chi connectivity index (χ4n) is 4.46. The number of methoxy groups -OCH3 is 1. The summed E-state index contributed by atoms with van der Waals surface area (Å²) in [6, 6.07) is 28.1. The van der Waals surface area contributed by atoms with Crippen LogP contribution >= 0.6 is 0 Å².